The smallest absolute Gasteiger partial charge is 0.113 e. The summed E-state index contributed by atoms with van der Waals surface area (Å²) in [6, 6.07) is 19.5. The first kappa shape index (κ1) is 14.8. The Morgan fingerprint density at radius 1 is 1.00 bits per heavy atom. The Morgan fingerprint density at radius 2 is 1.68 bits per heavy atom. The number of amidine groups is 1. The molecule has 2 aromatic carbocycles. The molecule has 3 rings (SSSR count). The number of nitrogens with zero attached hydrogens (tertiary/aromatic N) is 2. The molecule has 1 atom stereocenters. The molecule has 2 nitrogen and oxygen atoms in total. The van der Waals surface area contributed by atoms with Crippen molar-refractivity contribution in [1.29, 1.82) is 0 Å². The fourth-order valence-corrected chi connectivity index (χ4v) is 3.53. The molecule has 22 heavy (non-hydrogen) atoms. The van der Waals surface area contributed by atoms with Crippen molar-refractivity contribution in [2.75, 3.05) is 7.05 Å². The SMILES string of the molecule is CCC1=NC(CC)(c2ccccc2)c2ccccc2CN1C. The second-order valence-corrected chi connectivity index (χ2v) is 5.97. The summed E-state index contributed by atoms with van der Waals surface area (Å²) in [5.74, 6) is 1.18. The van der Waals surface area contributed by atoms with Crippen LogP contribution in [0.15, 0.2) is 59.6 Å². The first-order valence-electron chi connectivity index (χ1n) is 8.15. The van der Waals surface area contributed by atoms with Crippen molar-refractivity contribution < 1.29 is 0 Å². The van der Waals surface area contributed by atoms with Crippen LogP contribution in [0.25, 0.3) is 0 Å². The second kappa shape index (κ2) is 5.96. The van der Waals surface area contributed by atoms with Gasteiger partial charge < -0.3 is 4.90 Å². The lowest BCUT2D eigenvalue weighted by Crippen LogP contribution is -2.28. The van der Waals surface area contributed by atoms with E-state index in [1.807, 2.05) is 0 Å². The monoisotopic (exact) mass is 292 g/mol. The summed E-state index contributed by atoms with van der Waals surface area (Å²) in [6.45, 7) is 5.36. The second-order valence-electron chi connectivity index (χ2n) is 5.97. The zero-order valence-electron chi connectivity index (χ0n) is 13.7. The van der Waals surface area contributed by atoms with Crippen LogP contribution in [0, 0.1) is 0 Å². The summed E-state index contributed by atoms with van der Waals surface area (Å²) in [5, 5.41) is 0. The summed E-state index contributed by atoms with van der Waals surface area (Å²) in [7, 11) is 2.15. The van der Waals surface area contributed by atoms with Gasteiger partial charge in [-0.3, -0.25) is 4.99 Å². The Kier molecular flexibility index (Phi) is 4.02. The molecule has 114 valence electrons. The van der Waals surface area contributed by atoms with E-state index in [1.54, 1.807) is 0 Å². The molecular weight excluding hydrogens is 268 g/mol. The van der Waals surface area contributed by atoms with E-state index in [0.717, 1.165) is 19.4 Å². The summed E-state index contributed by atoms with van der Waals surface area (Å²) >= 11 is 0. The minimum Gasteiger partial charge on any atom is -0.359 e. The molecule has 0 radical (unpaired) electrons. The van der Waals surface area contributed by atoms with Gasteiger partial charge in [0.2, 0.25) is 0 Å². The number of fused-ring (bicyclic) bond motifs is 1. The Morgan fingerprint density at radius 3 is 2.36 bits per heavy atom. The minimum absolute atomic E-state index is 0.270. The highest BCUT2D eigenvalue weighted by Gasteiger charge is 2.36. The Hall–Kier alpha value is -2.09. The van der Waals surface area contributed by atoms with E-state index in [2.05, 4.69) is 80.4 Å². The molecule has 0 fully saturated rings. The first-order chi connectivity index (χ1) is 10.7. The molecule has 1 aliphatic heterocycles. The van der Waals surface area contributed by atoms with Gasteiger partial charge in [-0.2, -0.15) is 0 Å². The van der Waals surface area contributed by atoms with Crippen molar-refractivity contribution in [3.63, 3.8) is 0 Å². The van der Waals surface area contributed by atoms with Gasteiger partial charge in [0.25, 0.3) is 0 Å². The van der Waals surface area contributed by atoms with E-state index < -0.39 is 0 Å². The summed E-state index contributed by atoms with van der Waals surface area (Å²) < 4.78 is 0. The van der Waals surface area contributed by atoms with Crippen LogP contribution in [-0.2, 0) is 12.1 Å². The molecule has 0 aromatic heterocycles. The number of rotatable bonds is 3. The molecule has 2 heteroatoms. The van der Waals surface area contributed by atoms with E-state index >= 15 is 0 Å². The van der Waals surface area contributed by atoms with Crippen LogP contribution in [0.1, 0.15) is 43.4 Å². The molecule has 1 aliphatic rings. The Bertz CT molecular complexity index is 675. The zero-order chi connectivity index (χ0) is 15.6. The van der Waals surface area contributed by atoms with Crippen LogP contribution in [0.5, 0.6) is 0 Å². The van der Waals surface area contributed by atoms with E-state index in [0.29, 0.717) is 0 Å². The molecule has 1 heterocycles. The van der Waals surface area contributed by atoms with Crippen molar-refractivity contribution in [3.05, 3.63) is 71.3 Å². The summed E-state index contributed by atoms with van der Waals surface area (Å²) in [4.78, 5) is 7.57. The van der Waals surface area contributed by atoms with Crippen molar-refractivity contribution >= 4 is 5.84 Å². The third-order valence-corrected chi connectivity index (χ3v) is 4.71. The third-order valence-electron chi connectivity index (χ3n) is 4.71. The summed E-state index contributed by atoms with van der Waals surface area (Å²) in [6.07, 6.45) is 1.92. The van der Waals surface area contributed by atoms with Gasteiger partial charge in [-0.1, -0.05) is 68.4 Å². The van der Waals surface area contributed by atoms with Crippen molar-refractivity contribution in [1.82, 2.24) is 4.90 Å². The maximum absolute atomic E-state index is 5.28. The molecule has 0 N–H and O–H groups in total. The highest BCUT2D eigenvalue weighted by molar-refractivity contribution is 5.83. The van der Waals surface area contributed by atoms with Crippen LogP contribution in [0.3, 0.4) is 0 Å². The van der Waals surface area contributed by atoms with E-state index in [4.69, 9.17) is 4.99 Å². The van der Waals surface area contributed by atoms with Gasteiger partial charge in [0, 0.05) is 20.0 Å². The lowest BCUT2D eigenvalue weighted by molar-refractivity contribution is 0.488. The molecule has 1 unspecified atom stereocenters. The number of benzene rings is 2. The molecule has 0 saturated heterocycles. The van der Waals surface area contributed by atoms with Crippen molar-refractivity contribution in [2.45, 2.75) is 38.8 Å². The molecule has 0 aliphatic carbocycles. The lowest BCUT2D eigenvalue weighted by atomic mass is 9.79. The lowest BCUT2D eigenvalue weighted by Gasteiger charge is -2.31. The highest BCUT2D eigenvalue weighted by atomic mass is 15.2. The van der Waals surface area contributed by atoms with Crippen LogP contribution in [0.2, 0.25) is 0 Å². The number of aliphatic imine (C=N–C) groups is 1. The van der Waals surface area contributed by atoms with E-state index in [1.165, 1.54) is 22.5 Å². The molecular formula is C20H24N2. The molecule has 0 spiro atoms. The van der Waals surface area contributed by atoms with Crippen LogP contribution in [0.4, 0.5) is 0 Å². The Labute approximate surface area is 133 Å². The maximum Gasteiger partial charge on any atom is 0.113 e. The van der Waals surface area contributed by atoms with Crippen molar-refractivity contribution in [2.24, 2.45) is 4.99 Å². The Balaban J connectivity index is 2.31. The minimum atomic E-state index is -0.270. The normalized spacial score (nSPS) is 21.0. The van der Waals surface area contributed by atoms with Gasteiger partial charge in [0.05, 0.1) is 0 Å². The third kappa shape index (κ3) is 2.33. The quantitative estimate of drug-likeness (QED) is 0.807. The highest BCUT2D eigenvalue weighted by Crippen LogP contribution is 2.41. The largest absolute Gasteiger partial charge is 0.359 e. The van der Waals surface area contributed by atoms with Gasteiger partial charge in [-0.05, 0) is 23.1 Å². The van der Waals surface area contributed by atoms with Crippen LogP contribution >= 0.6 is 0 Å². The standard InChI is InChI=1S/C20H24N2/c1-4-19-21-20(5-2,17-12-7-6-8-13-17)18-14-10-9-11-16(18)15-22(19)3/h6-14H,4-5,15H2,1-3H3. The fourth-order valence-electron chi connectivity index (χ4n) is 3.53. The molecule has 0 amide bonds. The van der Waals surface area contributed by atoms with Gasteiger partial charge >= 0.3 is 0 Å². The van der Waals surface area contributed by atoms with Gasteiger partial charge in [0.15, 0.2) is 0 Å². The fraction of sp³-hybridized carbons (Fsp3) is 0.350. The van der Waals surface area contributed by atoms with Gasteiger partial charge in [-0.15, -0.1) is 0 Å². The average molecular weight is 292 g/mol. The first-order valence-corrected chi connectivity index (χ1v) is 8.15. The number of hydrogen-bond donors (Lipinski definition) is 0. The van der Waals surface area contributed by atoms with Crippen LogP contribution in [-0.4, -0.2) is 17.8 Å². The van der Waals surface area contributed by atoms with Crippen molar-refractivity contribution in [3.8, 4) is 0 Å². The van der Waals surface area contributed by atoms with E-state index in [9.17, 15) is 0 Å². The number of hydrogen-bond acceptors (Lipinski definition) is 2. The summed E-state index contributed by atoms with van der Waals surface area (Å²) in [5.41, 5.74) is 3.74. The maximum atomic E-state index is 5.28. The predicted molar refractivity (Wildman–Crippen MR) is 93.1 cm³/mol. The van der Waals surface area contributed by atoms with Gasteiger partial charge in [-0.25, -0.2) is 0 Å². The predicted octanol–water partition coefficient (Wildman–Crippen LogP) is 4.59. The zero-order valence-corrected chi connectivity index (χ0v) is 13.7. The van der Waals surface area contributed by atoms with Gasteiger partial charge in [0.1, 0.15) is 11.4 Å². The molecule has 0 saturated carbocycles. The van der Waals surface area contributed by atoms with E-state index in [-0.39, 0.29) is 5.54 Å². The van der Waals surface area contributed by atoms with Crippen LogP contribution < -0.4 is 0 Å². The molecule has 2 aromatic rings. The molecule has 0 bridgehead atoms. The topological polar surface area (TPSA) is 15.6 Å². The average Bonchev–Trinajstić information content (AvgIpc) is 2.70.